The van der Waals surface area contributed by atoms with Crippen molar-refractivity contribution in [3.8, 4) is 23.0 Å². The molecule has 4 atom stereocenters. The van der Waals surface area contributed by atoms with Crippen molar-refractivity contribution in [1.82, 2.24) is 0 Å². The molecule has 20 nitrogen and oxygen atoms in total. The van der Waals surface area contributed by atoms with Crippen LogP contribution in [0.4, 0.5) is 0 Å². The smallest absolute Gasteiger partial charge is 1.00 e. The van der Waals surface area contributed by atoms with E-state index in [0.29, 0.717) is 28.3 Å². The van der Waals surface area contributed by atoms with E-state index in [1.165, 1.54) is 40.6 Å². The Labute approximate surface area is 684 Å². The van der Waals surface area contributed by atoms with Gasteiger partial charge in [0.15, 0.2) is 0 Å². The summed E-state index contributed by atoms with van der Waals surface area (Å²) in [5.41, 5.74) is 3.90. The van der Waals surface area contributed by atoms with E-state index in [1.807, 2.05) is 217 Å². The molecule has 0 bridgehead atoms. The predicted octanol–water partition coefficient (Wildman–Crippen LogP) is 5.21. The van der Waals surface area contributed by atoms with Crippen molar-refractivity contribution in [1.29, 1.82) is 0 Å². The number of rotatable bonds is 18. The number of phenols is 1. The van der Waals surface area contributed by atoms with Crippen molar-refractivity contribution >= 4 is 90.1 Å². The van der Waals surface area contributed by atoms with Crippen LogP contribution in [0.1, 0.15) is 128 Å². The molecule has 3 N–H and O–H groups in total. The maximum atomic E-state index is 12.1. The van der Waals surface area contributed by atoms with Gasteiger partial charge in [0, 0.05) is 16.7 Å². The molecule has 3 aliphatic rings. The van der Waals surface area contributed by atoms with Crippen LogP contribution < -0.4 is 110 Å². The van der Waals surface area contributed by atoms with Crippen LogP contribution in [0, 0.1) is 0 Å². The van der Waals surface area contributed by atoms with Crippen LogP contribution in [0.25, 0.3) is 0 Å². The van der Waals surface area contributed by atoms with Gasteiger partial charge in [-0.3, -0.25) is 4.79 Å². The number of carbonyl (C=O) groups excluding carboxylic acids is 4. The minimum atomic E-state index is -1.54. The molecule has 105 heavy (non-hydrogen) atoms. The largest absolute Gasteiger partial charge is 1.00 e. The summed E-state index contributed by atoms with van der Waals surface area (Å²) in [6.45, 7) is 24.2. The van der Waals surface area contributed by atoms with Gasteiger partial charge < -0.3 is 80.9 Å². The summed E-state index contributed by atoms with van der Waals surface area (Å²) in [6.07, 6.45) is -2.51. The second-order valence-corrected chi connectivity index (χ2v) is 27.9. The first-order valence-electron chi connectivity index (χ1n) is 33.3. The molecule has 8 aromatic rings. The number of carbonyl (C=O) groups is 4. The molecule has 4 unspecified atom stereocenters. The zero-order valence-electron chi connectivity index (χ0n) is 62.4. The normalized spacial score (nSPS) is 16.8. The van der Waals surface area contributed by atoms with Crippen LogP contribution in [-0.2, 0) is 66.1 Å². The summed E-state index contributed by atoms with van der Waals surface area (Å²) in [5.74, 6) is 0.129. The Hall–Kier alpha value is -6.76. The van der Waals surface area contributed by atoms with Gasteiger partial charge in [0.05, 0.1) is 62.0 Å². The SMILES string of the molecule is CC1(C)OB(c2ccc(O)cc2)OC1(C)C.COC(=O)C(Br)c1ccccc1.COC(=O)C(Oc1ccc(B(O)O)cc1)c1ccccc1.COC(=O)C(Oc1ccc(B2OC(C)(C)C(C)(C)O2)cc1)c1ccccc1.COC(=O)C(Oc1ccc(B2OC(C)(C)C(C)(C)O2)cc1)c1ccccc1.[Cs+].[F-]. The summed E-state index contributed by atoms with van der Waals surface area (Å²) in [5, 5.41) is 27.3. The minimum Gasteiger partial charge on any atom is -1.00 e. The van der Waals surface area contributed by atoms with Gasteiger partial charge in [0.1, 0.15) is 27.8 Å². The third kappa shape index (κ3) is 24.4. The summed E-state index contributed by atoms with van der Waals surface area (Å²) >= 11 is 3.24. The van der Waals surface area contributed by atoms with E-state index in [0.717, 1.165) is 33.1 Å². The fraction of sp³-hybridized carbons (Fsp3) is 0.333. The van der Waals surface area contributed by atoms with E-state index in [4.69, 9.17) is 66.4 Å². The molecule has 3 fully saturated rings. The van der Waals surface area contributed by atoms with Crippen LogP contribution in [0.3, 0.4) is 0 Å². The number of alkyl halides is 1. The Bertz CT molecular complexity index is 3800. The molecule has 3 saturated heterocycles. The maximum Gasteiger partial charge on any atom is 1.00 e. The minimum absolute atomic E-state index is 0. The number of phenolic OH excluding ortho intramolecular Hbond substituents is 1. The quantitative estimate of drug-likeness (QED) is 0.0432. The summed E-state index contributed by atoms with van der Waals surface area (Å²) in [7, 11) is 2.61. The van der Waals surface area contributed by atoms with Crippen LogP contribution in [0.5, 0.6) is 23.0 Å². The molecule has 3 heterocycles. The number of hydrogen-bond acceptors (Lipinski definition) is 20. The van der Waals surface area contributed by atoms with Crippen molar-refractivity contribution < 1.29 is 169 Å². The zero-order valence-corrected chi connectivity index (χ0v) is 70.3. The van der Waals surface area contributed by atoms with Crippen LogP contribution in [0.15, 0.2) is 218 Å². The number of esters is 4. The van der Waals surface area contributed by atoms with Crippen LogP contribution >= 0.6 is 15.9 Å². The van der Waals surface area contributed by atoms with Crippen molar-refractivity contribution in [3.63, 3.8) is 0 Å². The van der Waals surface area contributed by atoms with Crippen LogP contribution in [-0.4, -0.2) is 130 Å². The number of ether oxygens (including phenoxy) is 7. The Morgan fingerprint density at radius 3 is 0.800 bits per heavy atom. The molecule has 0 spiro atoms. The standard InChI is InChI=1S/2C21H25BO5.C15H15BO5.C12H17BO3.C9H9BrO2.Cs.FH/c2*1-20(2)21(3,4)27-22(26-20)16-11-13-17(14-12-16)25-18(19(23)24-5)15-9-7-6-8-10-15;1-20-15(17)14(11-5-3-2-4-6-11)21-13-9-7-12(8-10-13)16(18)19;1-11(2)12(3,4)16-13(15-11)9-5-7-10(14)8-6-9;1-12-9(11)8(10)7-5-3-2-4-6-7;;/h2*6-14,18H,1-5H3;2-10,14,18-19H,1H3;5-8,14H,1-4H3;2-6,8H,1H3;;1H/q;;;;;+1;/p-1. The van der Waals surface area contributed by atoms with E-state index in [2.05, 4.69) is 20.7 Å². The number of benzene rings is 8. The molecular weight excluding hydrogens is 1530 g/mol. The molecule has 8 aromatic carbocycles. The Morgan fingerprint density at radius 2 is 0.571 bits per heavy atom. The molecule has 11 rings (SSSR count). The molecule has 27 heteroatoms. The zero-order chi connectivity index (χ0) is 75.5. The van der Waals surface area contributed by atoms with E-state index in [9.17, 15) is 24.3 Å². The predicted molar refractivity (Wildman–Crippen MR) is 400 cm³/mol. The number of methoxy groups -OCH3 is 4. The topological polar surface area (TPSA) is 249 Å². The molecule has 0 saturated carbocycles. The molecule has 0 amide bonds. The van der Waals surface area contributed by atoms with Crippen LogP contribution in [0.2, 0.25) is 0 Å². The first-order chi connectivity index (χ1) is 48.6. The van der Waals surface area contributed by atoms with E-state index >= 15 is 0 Å². The molecule has 0 aliphatic carbocycles. The molecular formula is C78H91B4BrCsFO20. The first-order valence-corrected chi connectivity index (χ1v) is 34.2. The summed E-state index contributed by atoms with van der Waals surface area (Å²) in [4.78, 5) is 46.8. The third-order valence-electron chi connectivity index (χ3n) is 18.2. The summed E-state index contributed by atoms with van der Waals surface area (Å²) < 4.78 is 72.6. The van der Waals surface area contributed by atoms with E-state index in [-0.39, 0.29) is 108 Å². The van der Waals surface area contributed by atoms with Crippen molar-refractivity contribution in [3.05, 3.63) is 241 Å². The van der Waals surface area contributed by atoms with Gasteiger partial charge in [-0.05, 0) is 159 Å². The monoisotopic (exact) mass is 1620 g/mol. The fourth-order valence-corrected chi connectivity index (χ4v) is 10.4. The Morgan fingerprint density at radius 1 is 0.352 bits per heavy atom. The van der Waals surface area contributed by atoms with Gasteiger partial charge >= 0.3 is 121 Å². The van der Waals surface area contributed by atoms with Gasteiger partial charge in [-0.15, -0.1) is 0 Å². The molecule has 0 radical (unpaired) electrons. The number of hydrogen-bond donors (Lipinski definition) is 3. The second kappa shape index (κ2) is 39.9. The molecule has 3 aliphatic heterocycles. The van der Waals surface area contributed by atoms with Gasteiger partial charge in [-0.1, -0.05) is 186 Å². The van der Waals surface area contributed by atoms with E-state index < -0.39 is 80.0 Å². The number of halogens is 2. The van der Waals surface area contributed by atoms with Crippen molar-refractivity contribution in [2.75, 3.05) is 28.4 Å². The fourth-order valence-electron chi connectivity index (χ4n) is 9.93. The average Bonchev–Trinajstić information content (AvgIpc) is 1.64. The third-order valence-corrected chi connectivity index (χ3v) is 19.1. The van der Waals surface area contributed by atoms with Crippen molar-refractivity contribution in [2.45, 2.75) is 140 Å². The van der Waals surface area contributed by atoms with E-state index in [1.54, 1.807) is 72.8 Å². The Balaban J connectivity index is 0.000000241. The number of aromatic hydroxyl groups is 1. The van der Waals surface area contributed by atoms with Crippen molar-refractivity contribution in [2.24, 2.45) is 0 Å². The van der Waals surface area contributed by atoms with Gasteiger partial charge in [-0.2, -0.15) is 0 Å². The molecule has 0 aromatic heterocycles. The average molecular weight is 1620 g/mol. The Kier molecular flexibility index (Phi) is 33.8. The first kappa shape index (κ1) is 88.9. The van der Waals surface area contributed by atoms with Gasteiger partial charge in [-0.25, -0.2) is 14.4 Å². The van der Waals surface area contributed by atoms with Gasteiger partial charge in [0.25, 0.3) is 0 Å². The summed E-state index contributed by atoms with van der Waals surface area (Å²) in [6, 6.07) is 64.8. The second-order valence-electron chi connectivity index (χ2n) is 27.0. The van der Waals surface area contributed by atoms with Gasteiger partial charge in [0.2, 0.25) is 18.3 Å². The molecule has 550 valence electrons. The maximum absolute atomic E-state index is 12.1.